The Morgan fingerprint density at radius 2 is 2.35 bits per heavy atom. The molecule has 0 aliphatic heterocycles. The number of ether oxygens (including phenoxy) is 1. The van der Waals surface area contributed by atoms with Crippen molar-refractivity contribution in [2.75, 3.05) is 13.2 Å². The van der Waals surface area contributed by atoms with E-state index in [0.29, 0.717) is 13.2 Å². The number of thiazole rings is 1. The minimum Gasteiger partial charge on any atom is -0.368 e. The summed E-state index contributed by atoms with van der Waals surface area (Å²) < 4.78 is 5.42. The first-order valence-electron chi connectivity index (χ1n) is 7.61. The van der Waals surface area contributed by atoms with Gasteiger partial charge < -0.3 is 10.1 Å². The summed E-state index contributed by atoms with van der Waals surface area (Å²) in [7, 11) is 0. The van der Waals surface area contributed by atoms with Crippen LogP contribution in [-0.2, 0) is 16.0 Å². The van der Waals surface area contributed by atoms with Crippen LogP contribution in [0, 0.1) is 6.92 Å². The van der Waals surface area contributed by atoms with Crippen molar-refractivity contribution in [1.29, 1.82) is 0 Å². The van der Waals surface area contributed by atoms with Gasteiger partial charge in [-0.25, -0.2) is 4.98 Å². The Kier molecular flexibility index (Phi) is 6.95. The molecule has 0 radical (unpaired) electrons. The number of carbonyl (C=O) groups is 1. The Morgan fingerprint density at radius 3 is 3.04 bits per heavy atom. The smallest absolute Gasteiger partial charge is 0.248 e. The van der Waals surface area contributed by atoms with Gasteiger partial charge >= 0.3 is 0 Å². The Balaban J connectivity index is 1.75. The van der Waals surface area contributed by atoms with Crippen LogP contribution in [0.5, 0.6) is 0 Å². The van der Waals surface area contributed by atoms with Crippen LogP contribution >= 0.6 is 22.7 Å². The quantitative estimate of drug-likeness (QED) is 0.552. The molecule has 0 fully saturated rings. The fraction of sp³-hybridized carbons (Fsp3) is 0.412. The lowest BCUT2D eigenvalue weighted by Gasteiger charge is -2.12. The lowest BCUT2D eigenvalue weighted by molar-refractivity contribution is -0.131. The van der Waals surface area contributed by atoms with Gasteiger partial charge in [0.25, 0.3) is 0 Å². The molecule has 2 rings (SSSR count). The van der Waals surface area contributed by atoms with Crippen molar-refractivity contribution in [1.82, 2.24) is 10.3 Å². The first-order valence-corrected chi connectivity index (χ1v) is 9.31. The van der Waals surface area contributed by atoms with Gasteiger partial charge in [-0.05, 0) is 38.8 Å². The number of nitrogens with zero attached hydrogens (tertiary/aromatic N) is 1. The van der Waals surface area contributed by atoms with Crippen LogP contribution in [0.15, 0.2) is 30.2 Å². The summed E-state index contributed by atoms with van der Waals surface area (Å²) in [4.78, 5) is 18.8. The fourth-order valence-corrected chi connectivity index (χ4v) is 3.64. The minimum atomic E-state index is -0.424. The molecule has 0 aliphatic rings. The number of carbonyl (C=O) groups excluding carboxylic acids is 1. The van der Waals surface area contributed by atoms with Crippen LogP contribution in [0.3, 0.4) is 0 Å². The van der Waals surface area contributed by atoms with Crippen molar-refractivity contribution in [3.8, 4) is 10.6 Å². The minimum absolute atomic E-state index is 0.0685. The molecule has 2 aromatic rings. The van der Waals surface area contributed by atoms with Gasteiger partial charge in [0.2, 0.25) is 5.91 Å². The zero-order valence-electron chi connectivity index (χ0n) is 13.5. The van der Waals surface area contributed by atoms with Gasteiger partial charge in [-0.1, -0.05) is 6.08 Å². The molecular formula is C17H22N2O2S2. The molecule has 0 bridgehead atoms. The number of aromatic nitrogens is 1. The van der Waals surface area contributed by atoms with Crippen molar-refractivity contribution in [2.24, 2.45) is 0 Å². The fourth-order valence-electron chi connectivity index (χ4n) is 1.98. The van der Waals surface area contributed by atoms with Crippen molar-refractivity contribution in [3.63, 3.8) is 0 Å². The number of amides is 1. The van der Waals surface area contributed by atoms with E-state index >= 15 is 0 Å². The molecule has 1 unspecified atom stereocenters. The maximum Gasteiger partial charge on any atom is 0.248 e. The highest BCUT2D eigenvalue weighted by Crippen LogP contribution is 2.29. The molecule has 2 heterocycles. The number of thiophene rings is 1. The van der Waals surface area contributed by atoms with E-state index in [4.69, 9.17) is 4.74 Å². The summed E-state index contributed by atoms with van der Waals surface area (Å²) >= 11 is 3.39. The number of hydrogen-bond donors (Lipinski definition) is 1. The van der Waals surface area contributed by atoms with Gasteiger partial charge in [0, 0.05) is 16.8 Å². The van der Waals surface area contributed by atoms with Crippen LogP contribution in [0.4, 0.5) is 0 Å². The summed E-state index contributed by atoms with van der Waals surface area (Å²) in [6, 6.07) is 4.20. The molecule has 124 valence electrons. The van der Waals surface area contributed by atoms with Gasteiger partial charge in [-0.15, -0.1) is 29.3 Å². The van der Waals surface area contributed by atoms with Crippen molar-refractivity contribution in [2.45, 2.75) is 32.8 Å². The van der Waals surface area contributed by atoms with Crippen molar-refractivity contribution < 1.29 is 9.53 Å². The molecule has 1 N–H and O–H groups in total. The third-order valence-corrected chi connectivity index (χ3v) is 5.20. The van der Waals surface area contributed by atoms with E-state index in [1.165, 1.54) is 9.75 Å². The van der Waals surface area contributed by atoms with E-state index in [9.17, 15) is 4.79 Å². The normalized spacial score (nSPS) is 12.1. The Bertz CT molecular complexity index is 649. The third-order valence-electron chi connectivity index (χ3n) is 3.26. The molecule has 0 spiro atoms. The first kappa shape index (κ1) is 17.8. The lowest BCUT2D eigenvalue weighted by Crippen LogP contribution is -2.35. The molecule has 2 aromatic heterocycles. The second kappa shape index (κ2) is 8.96. The lowest BCUT2D eigenvalue weighted by atomic mass is 10.3. The summed E-state index contributed by atoms with van der Waals surface area (Å²) in [5, 5.41) is 6.07. The second-order valence-corrected chi connectivity index (χ2v) is 7.38. The largest absolute Gasteiger partial charge is 0.368 e. The van der Waals surface area contributed by atoms with Crippen LogP contribution in [0.1, 0.15) is 23.2 Å². The van der Waals surface area contributed by atoms with E-state index < -0.39 is 6.10 Å². The highest BCUT2D eigenvalue weighted by atomic mass is 32.1. The summed E-state index contributed by atoms with van der Waals surface area (Å²) in [5.41, 5.74) is 1.04. The zero-order chi connectivity index (χ0) is 16.7. The van der Waals surface area contributed by atoms with E-state index in [0.717, 1.165) is 23.5 Å². The number of rotatable bonds is 9. The highest BCUT2D eigenvalue weighted by molar-refractivity contribution is 7.16. The monoisotopic (exact) mass is 350 g/mol. The molecule has 0 aromatic carbocycles. The zero-order valence-corrected chi connectivity index (χ0v) is 15.1. The molecule has 6 heteroatoms. The molecular weight excluding hydrogens is 328 g/mol. The predicted octanol–water partition coefficient (Wildman–Crippen LogP) is 3.82. The summed E-state index contributed by atoms with van der Waals surface area (Å²) in [6.45, 7) is 8.55. The topological polar surface area (TPSA) is 51.2 Å². The molecule has 0 aliphatic carbocycles. The number of nitrogens with one attached hydrogen (secondary N) is 1. The number of aryl methyl sites for hydroxylation is 1. The van der Waals surface area contributed by atoms with Gasteiger partial charge in [-0.3, -0.25) is 4.79 Å². The van der Waals surface area contributed by atoms with E-state index in [-0.39, 0.29) is 5.91 Å². The molecule has 1 amide bonds. The highest BCUT2D eigenvalue weighted by Gasteiger charge is 2.12. The standard InChI is InChI=1S/C17H22N2O2S2/c1-4-5-10-21-12(2)17(20)18-9-8-14-6-7-16(23-14)15-11-22-13(3)19-15/h4,6-7,11-12H,1,5,8-10H2,2-3H3,(H,18,20). The third kappa shape index (κ3) is 5.57. The van der Waals surface area contributed by atoms with E-state index in [1.54, 1.807) is 35.7 Å². The first-order chi connectivity index (χ1) is 11.1. The average Bonchev–Trinajstić information content (AvgIpc) is 3.16. The molecule has 0 saturated carbocycles. The summed E-state index contributed by atoms with van der Waals surface area (Å²) in [5.74, 6) is -0.0685. The molecule has 4 nitrogen and oxygen atoms in total. The second-order valence-electron chi connectivity index (χ2n) is 5.15. The average molecular weight is 351 g/mol. The van der Waals surface area contributed by atoms with Gasteiger partial charge in [-0.2, -0.15) is 0 Å². The SMILES string of the molecule is C=CCCOC(C)C(=O)NCCc1ccc(-c2csc(C)n2)s1. The van der Waals surface area contributed by atoms with Gasteiger partial charge in [0.1, 0.15) is 6.10 Å². The predicted molar refractivity (Wildman–Crippen MR) is 97.1 cm³/mol. The van der Waals surface area contributed by atoms with Gasteiger partial charge in [0.15, 0.2) is 0 Å². The summed E-state index contributed by atoms with van der Waals surface area (Å²) in [6.07, 6.45) is 2.93. The maximum absolute atomic E-state index is 11.9. The Labute approximate surface area is 145 Å². The van der Waals surface area contributed by atoms with Crippen LogP contribution in [0.2, 0.25) is 0 Å². The molecule has 0 saturated heterocycles. The maximum atomic E-state index is 11.9. The van der Waals surface area contributed by atoms with Crippen LogP contribution in [-0.4, -0.2) is 30.1 Å². The van der Waals surface area contributed by atoms with E-state index in [2.05, 4.69) is 34.4 Å². The van der Waals surface area contributed by atoms with Crippen molar-refractivity contribution in [3.05, 3.63) is 40.1 Å². The molecule has 23 heavy (non-hydrogen) atoms. The van der Waals surface area contributed by atoms with Gasteiger partial charge in [0.05, 0.1) is 22.2 Å². The Morgan fingerprint density at radius 1 is 1.52 bits per heavy atom. The molecule has 1 atom stereocenters. The van der Waals surface area contributed by atoms with Crippen LogP contribution < -0.4 is 5.32 Å². The number of hydrogen-bond acceptors (Lipinski definition) is 5. The van der Waals surface area contributed by atoms with E-state index in [1.807, 2.05) is 6.92 Å². The van der Waals surface area contributed by atoms with Crippen molar-refractivity contribution >= 4 is 28.6 Å². The Hall–Kier alpha value is -1.50. The van der Waals surface area contributed by atoms with Crippen LogP contribution in [0.25, 0.3) is 10.6 Å².